The molecule has 1 N–H and O–H groups in total. The zero-order valence-corrected chi connectivity index (χ0v) is 17.0. The Morgan fingerprint density at radius 1 is 1.30 bits per heavy atom. The van der Waals surface area contributed by atoms with Crippen molar-refractivity contribution in [1.82, 2.24) is 9.29 Å². The number of aryl methyl sites for hydroxylation is 2. The van der Waals surface area contributed by atoms with Crippen LogP contribution in [0.5, 0.6) is 0 Å². The van der Waals surface area contributed by atoms with Crippen LogP contribution in [0.4, 0.5) is 5.13 Å². The third kappa shape index (κ3) is 4.76. The number of hydrogen-bond acceptors (Lipinski definition) is 5. The van der Waals surface area contributed by atoms with Gasteiger partial charge in [-0.05, 0) is 49.9 Å². The van der Waals surface area contributed by atoms with E-state index in [-0.39, 0.29) is 18.0 Å². The summed E-state index contributed by atoms with van der Waals surface area (Å²) in [4.78, 5) is 18.2. The van der Waals surface area contributed by atoms with Crippen molar-refractivity contribution in [3.63, 3.8) is 0 Å². The van der Waals surface area contributed by atoms with Gasteiger partial charge in [-0.15, -0.1) is 17.9 Å². The maximum Gasteiger partial charge on any atom is 0.243 e. The summed E-state index contributed by atoms with van der Waals surface area (Å²) in [6.45, 7) is 3.29. The number of nitrogens with one attached hydrogen (secondary N) is 1. The summed E-state index contributed by atoms with van der Waals surface area (Å²) in [5.74, 6) is -0.430. The molecule has 1 aliphatic carbocycles. The van der Waals surface area contributed by atoms with E-state index >= 15 is 0 Å². The molecule has 1 aliphatic rings. The van der Waals surface area contributed by atoms with Gasteiger partial charge in [-0.3, -0.25) is 4.79 Å². The molecule has 0 atom stereocenters. The maximum absolute atomic E-state index is 12.8. The van der Waals surface area contributed by atoms with E-state index in [1.165, 1.54) is 46.6 Å². The number of halogens is 1. The highest BCUT2D eigenvalue weighted by atomic mass is 35.5. The summed E-state index contributed by atoms with van der Waals surface area (Å²) < 4.78 is 26.7. The average molecular weight is 426 g/mol. The second-order valence-electron chi connectivity index (χ2n) is 6.18. The molecule has 9 heteroatoms. The summed E-state index contributed by atoms with van der Waals surface area (Å²) in [6.07, 6.45) is 5.60. The fourth-order valence-electron chi connectivity index (χ4n) is 2.87. The van der Waals surface area contributed by atoms with Gasteiger partial charge in [-0.2, -0.15) is 4.31 Å². The first-order chi connectivity index (χ1) is 12.9. The minimum absolute atomic E-state index is 0.0206. The normalized spacial score (nSPS) is 14.0. The average Bonchev–Trinajstić information content (AvgIpc) is 3.03. The van der Waals surface area contributed by atoms with Crippen LogP contribution >= 0.6 is 22.9 Å². The number of nitrogens with zero attached hydrogens (tertiary/aromatic N) is 2. The second kappa shape index (κ2) is 8.52. The van der Waals surface area contributed by atoms with Gasteiger partial charge in [0.15, 0.2) is 5.13 Å². The highest BCUT2D eigenvalue weighted by molar-refractivity contribution is 7.89. The van der Waals surface area contributed by atoms with Crippen LogP contribution in [0.25, 0.3) is 0 Å². The van der Waals surface area contributed by atoms with Crippen LogP contribution in [0.2, 0.25) is 5.02 Å². The lowest BCUT2D eigenvalue weighted by molar-refractivity contribution is -0.116. The highest BCUT2D eigenvalue weighted by Gasteiger charge is 2.26. The zero-order valence-electron chi connectivity index (χ0n) is 14.7. The second-order valence-corrected chi connectivity index (χ2v) is 9.64. The number of sulfonamides is 1. The van der Waals surface area contributed by atoms with E-state index < -0.39 is 15.9 Å². The number of rotatable bonds is 7. The molecule has 0 saturated heterocycles. The van der Waals surface area contributed by atoms with Crippen LogP contribution in [0.1, 0.15) is 23.4 Å². The van der Waals surface area contributed by atoms with Crippen molar-refractivity contribution in [2.45, 2.75) is 30.6 Å². The van der Waals surface area contributed by atoms with Gasteiger partial charge < -0.3 is 5.32 Å². The molecule has 0 radical (unpaired) electrons. The van der Waals surface area contributed by atoms with Crippen LogP contribution < -0.4 is 5.32 Å². The number of anilines is 1. The molecule has 1 aromatic carbocycles. The molecule has 2 aromatic rings. The molecule has 1 aromatic heterocycles. The summed E-state index contributed by atoms with van der Waals surface area (Å²) >= 11 is 7.29. The Kier molecular flexibility index (Phi) is 6.31. The van der Waals surface area contributed by atoms with E-state index in [1.807, 2.05) is 0 Å². The number of carbonyl (C=O) groups is 1. The Morgan fingerprint density at radius 2 is 2.00 bits per heavy atom. The maximum atomic E-state index is 12.8. The fraction of sp³-hybridized carbons (Fsp3) is 0.333. The van der Waals surface area contributed by atoms with Gasteiger partial charge in [0.05, 0.1) is 17.1 Å². The zero-order chi connectivity index (χ0) is 19.4. The Morgan fingerprint density at radius 3 is 2.67 bits per heavy atom. The summed E-state index contributed by atoms with van der Waals surface area (Å²) in [7, 11) is -3.84. The number of aromatic nitrogens is 1. The molecule has 144 valence electrons. The molecule has 0 fully saturated rings. The van der Waals surface area contributed by atoms with Gasteiger partial charge in [0.25, 0.3) is 0 Å². The molecule has 0 unspecified atom stereocenters. The van der Waals surface area contributed by atoms with E-state index in [0.29, 0.717) is 10.2 Å². The Hall–Kier alpha value is -1.74. The first-order valence-corrected chi connectivity index (χ1v) is 11.2. The highest BCUT2D eigenvalue weighted by Crippen LogP contribution is 2.29. The molecule has 0 spiro atoms. The molecular weight excluding hydrogens is 406 g/mol. The van der Waals surface area contributed by atoms with Crippen LogP contribution in [-0.4, -0.2) is 36.7 Å². The topological polar surface area (TPSA) is 79.4 Å². The third-order valence-electron chi connectivity index (χ3n) is 4.20. The van der Waals surface area contributed by atoms with Gasteiger partial charge in [0.1, 0.15) is 0 Å². The first-order valence-electron chi connectivity index (χ1n) is 8.55. The number of benzene rings is 1. The SMILES string of the molecule is C=CCN(CC(=O)Nc1nc2c(s1)CCCC2)S(=O)(=O)c1ccc(Cl)cc1. The van der Waals surface area contributed by atoms with Gasteiger partial charge >= 0.3 is 0 Å². The minimum atomic E-state index is -3.84. The van der Waals surface area contributed by atoms with Crippen molar-refractivity contribution in [3.05, 3.63) is 52.5 Å². The molecule has 1 amide bonds. The van der Waals surface area contributed by atoms with Crippen molar-refractivity contribution in [3.8, 4) is 0 Å². The molecule has 0 aliphatic heterocycles. The standard InChI is InChI=1S/C18H20ClN3O3S2/c1-2-11-22(27(24,25)14-9-7-13(19)8-10-14)12-17(23)21-18-20-15-5-3-4-6-16(15)26-18/h2,7-10H,1,3-6,11-12H2,(H,20,21,23). The monoisotopic (exact) mass is 425 g/mol. The van der Waals surface area contributed by atoms with Crippen LogP contribution in [0, 0.1) is 0 Å². The quantitative estimate of drug-likeness (QED) is 0.688. The molecule has 27 heavy (non-hydrogen) atoms. The van der Waals surface area contributed by atoms with E-state index in [9.17, 15) is 13.2 Å². The molecule has 0 saturated carbocycles. The van der Waals surface area contributed by atoms with Crippen LogP contribution in [0.3, 0.4) is 0 Å². The van der Waals surface area contributed by atoms with Crippen LogP contribution in [-0.2, 0) is 27.7 Å². The van der Waals surface area contributed by atoms with E-state index in [4.69, 9.17) is 11.6 Å². The number of thiazole rings is 1. The van der Waals surface area contributed by atoms with Crippen molar-refractivity contribution in [2.75, 3.05) is 18.4 Å². The fourth-order valence-corrected chi connectivity index (χ4v) is 5.43. The molecule has 3 rings (SSSR count). The van der Waals surface area contributed by atoms with Gasteiger partial charge in [-0.1, -0.05) is 17.7 Å². The van der Waals surface area contributed by atoms with E-state index in [0.717, 1.165) is 35.7 Å². The van der Waals surface area contributed by atoms with E-state index in [1.54, 1.807) is 0 Å². The number of amides is 1. The van der Waals surface area contributed by atoms with Crippen molar-refractivity contribution in [1.29, 1.82) is 0 Å². The number of carbonyl (C=O) groups excluding carboxylic acids is 1. The minimum Gasteiger partial charge on any atom is -0.301 e. The van der Waals surface area contributed by atoms with Crippen molar-refractivity contribution >= 4 is 44.0 Å². The van der Waals surface area contributed by atoms with Crippen molar-refractivity contribution in [2.24, 2.45) is 0 Å². The van der Waals surface area contributed by atoms with Gasteiger partial charge in [0.2, 0.25) is 15.9 Å². The number of hydrogen-bond donors (Lipinski definition) is 1. The third-order valence-corrected chi connectivity index (χ3v) is 7.35. The Labute approximate surface area is 167 Å². The van der Waals surface area contributed by atoms with Gasteiger partial charge in [0, 0.05) is 16.4 Å². The first kappa shape index (κ1) is 20.0. The van der Waals surface area contributed by atoms with E-state index in [2.05, 4.69) is 16.9 Å². The molecule has 1 heterocycles. The lowest BCUT2D eigenvalue weighted by Gasteiger charge is -2.20. The summed E-state index contributed by atoms with van der Waals surface area (Å²) in [5.41, 5.74) is 1.04. The lowest BCUT2D eigenvalue weighted by Crippen LogP contribution is -2.38. The number of fused-ring (bicyclic) bond motifs is 1. The Bertz CT molecular complexity index is 916. The van der Waals surface area contributed by atoms with Gasteiger partial charge in [-0.25, -0.2) is 13.4 Å². The predicted octanol–water partition coefficient (Wildman–Crippen LogP) is 3.49. The molecule has 0 bridgehead atoms. The van der Waals surface area contributed by atoms with Crippen molar-refractivity contribution < 1.29 is 13.2 Å². The predicted molar refractivity (Wildman–Crippen MR) is 108 cm³/mol. The molecular formula is C18H20ClN3O3S2. The van der Waals surface area contributed by atoms with Crippen LogP contribution in [0.15, 0.2) is 41.8 Å². The smallest absolute Gasteiger partial charge is 0.243 e. The largest absolute Gasteiger partial charge is 0.301 e. The lowest BCUT2D eigenvalue weighted by atomic mass is 10.0. The molecule has 6 nitrogen and oxygen atoms in total. The Balaban J connectivity index is 1.73. The summed E-state index contributed by atoms with van der Waals surface area (Å²) in [5, 5.41) is 3.69. The summed E-state index contributed by atoms with van der Waals surface area (Å²) in [6, 6.07) is 5.84.